The maximum Gasteiger partial charge on any atom is 0.416 e. The molecule has 1 saturated carbocycles. The summed E-state index contributed by atoms with van der Waals surface area (Å²) in [6.45, 7) is 0. The SMILES string of the molecule is Nc1cc(C(F)(F)F)ccc1C1CC1. The van der Waals surface area contributed by atoms with Crippen LogP contribution in [-0.4, -0.2) is 0 Å². The molecular formula is C10H10F3N. The molecule has 1 aromatic carbocycles. The first-order valence-electron chi connectivity index (χ1n) is 4.45. The summed E-state index contributed by atoms with van der Waals surface area (Å²) in [5, 5.41) is 0. The van der Waals surface area contributed by atoms with E-state index in [0.717, 1.165) is 30.5 Å². The van der Waals surface area contributed by atoms with Crippen LogP contribution in [0.15, 0.2) is 18.2 Å². The lowest BCUT2D eigenvalue weighted by Gasteiger charge is -2.09. The van der Waals surface area contributed by atoms with Crippen molar-refractivity contribution in [3.63, 3.8) is 0 Å². The first kappa shape index (κ1) is 9.37. The molecule has 0 radical (unpaired) electrons. The fourth-order valence-corrected chi connectivity index (χ4v) is 1.52. The number of hydrogen-bond donors (Lipinski definition) is 1. The molecule has 76 valence electrons. The number of benzene rings is 1. The van der Waals surface area contributed by atoms with Gasteiger partial charge in [-0.25, -0.2) is 0 Å². The lowest BCUT2D eigenvalue weighted by molar-refractivity contribution is -0.137. The van der Waals surface area contributed by atoms with Crippen molar-refractivity contribution < 1.29 is 13.2 Å². The summed E-state index contributed by atoms with van der Waals surface area (Å²) in [5.74, 6) is 0.386. The average Bonchev–Trinajstić information content (AvgIpc) is 2.85. The van der Waals surface area contributed by atoms with E-state index in [1.807, 2.05) is 0 Å². The summed E-state index contributed by atoms with van der Waals surface area (Å²) in [4.78, 5) is 0. The number of rotatable bonds is 1. The normalized spacial score (nSPS) is 17.1. The predicted octanol–water partition coefficient (Wildman–Crippen LogP) is 3.17. The van der Waals surface area contributed by atoms with Crippen molar-refractivity contribution in [1.82, 2.24) is 0 Å². The van der Waals surface area contributed by atoms with Gasteiger partial charge in [0.1, 0.15) is 0 Å². The maximum absolute atomic E-state index is 12.3. The van der Waals surface area contributed by atoms with E-state index < -0.39 is 11.7 Å². The van der Waals surface area contributed by atoms with Crippen LogP contribution in [0.3, 0.4) is 0 Å². The zero-order valence-electron chi connectivity index (χ0n) is 7.43. The molecule has 0 aliphatic heterocycles. The summed E-state index contributed by atoms with van der Waals surface area (Å²) >= 11 is 0. The summed E-state index contributed by atoms with van der Waals surface area (Å²) in [5.41, 5.74) is 6.02. The molecule has 1 nitrogen and oxygen atoms in total. The van der Waals surface area contributed by atoms with E-state index in [1.165, 1.54) is 6.07 Å². The summed E-state index contributed by atoms with van der Waals surface area (Å²) in [7, 11) is 0. The average molecular weight is 201 g/mol. The van der Waals surface area contributed by atoms with E-state index in [1.54, 1.807) is 0 Å². The molecule has 1 aromatic rings. The highest BCUT2D eigenvalue weighted by atomic mass is 19.4. The predicted molar refractivity (Wildman–Crippen MR) is 47.8 cm³/mol. The molecule has 0 atom stereocenters. The molecule has 0 heterocycles. The van der Waals surface area contributed by atoms with Crippen molar-refractivity contribution in [3.8, 4) is 0 Å². The second kappa shape index (κ2) is 2.90. The van der Waals surface area contributed by atoms with Gasteiger partial charge in [-0.15, -0.1) is 0 Å². The number of nitrogens with two attached hydrogens (primary N) is 1. The quantitative estimate of drug-likeness (QED) is 0.694. The molecule has 2 rings (SSSR count). The van der Waals surface area contributed by atoms with Crippen LogP contribution >= 0.6 is 0 Å². The van der Waals surface area contributed by atoms with Gasteiger partial charge in [0, 0.05) is 5.69 Å². The van der Waals surface area contributed by atoms with Gasteiger partial charge < -0.3 is 5.73 Å². The summed E-state index contributed by atoms with van der Waals surface area (Å²) in [6.07, 6.45) is -2.22. The number of alkyl halides is 3. The Balaban J connectivity index is 2.35. The highest BCUT2D eigenvalue weighted by Crippen LogP contribution is 2.43. The first-order valence-corrected chi connectivity index (χ1v) is 4.45. The van der Waals surface area contributed by atoms with Gasteiger partial charge in [-0.05, 0) is 36.5 Å². The van der Waals surface area contributed by atoms with Gasteiger partial charge in [0.25, 0.3) is 0 Å². The van der Waals surface area contributed by atoms with Crippen molar-refractivity contribution >= 4 is 5.69 Å². The summed E-state index contributed by atoms with van der Waals surface area (Å²) in [6, 6.07) is 3.62. The second-order valence-corrected chi connectivity index (χ2v) is 3.62. The van der Waals surface area contributed by atoms with Crippen LogP contribution in [0.4, 0.5) is 18.9 Å². The Labute approximate surface area is 79.7 Å². The van der Waals surface area contributed by atoms with Crippen LogP contribution in [0.5, 0.6) is 0 Å². The van der Waals surface area contributed by atoms with Gasteiger partial charge in [0.2, 0.25) is 0 Å². The van der Waals surface area contributed by atoms with Crippen LogP contribution in [0, 0.1) is 0 Å². The fraction of sp³-hybridized carbons (Fsp3) is 0.400. The van der Waals surface area contributed by atoms with Crippen molar-refractivity contribution in [2.75, 3.05) is 5.73 Å². The van der Waals surface area contributed by atoms with Crippen molar-refractivity contribution in [2.45, 2.75) is 24.9 Å². The number of nitrogen functional groups attached to an aromatic ring is 1. The lowest BCUT2D eigenvalue weighted by atomic mass is 10.1. The first-order chi connectivity index (χ1) is 6.48. The Kier molecular flexibility index (Phi) is 1.94. The Morgan fingerprint density at radius 1 is 1.21 bits per heavy atom. The van der Waals surface area contributed by atoms with Crippen LogP contribution in [0.1, 0.15) is 29.9 Å². The molecule has 0 saturated heterocycles. The largest absolute Gasteiger partial charge is 0.416 e. The van der Waals surface area contributed by atoms with Gasteiger partial charge >= 0.3 is 6.18 Å². The zero-order valence-corrected chi connectivity index (χ0v) is 7.43. The van der Waals surface area contributed by atoms with Crippen LogP contribution in [0.2, 0.25) is 0 Å². The maximum atomic E-state index is 12.3. The van der Waals surface area contributed by atoms with Crippen molar-refractivity contribution in [3.05, 3.63) is 29.3 Å². The van der Waals surface area contributed by atoms with E-state index in [-0.39, 0.29) is 5.69 Å². The number of halogens is 3. The van der Waals surface area contributed by atoms with Crippen LogP contribution in [-0.2, 0) is 6.18 Å². The van der Waals surface area contributed by atoms with Gasteiger partial charge in [0.05, 0.1) is 5.56 Å². The van der Waals surface area contributed by atoms with E-state index in [9.17, 15) is 13.2 Å². The molecule has 0 aromatic heterocycles. The molecule has 4 heteroatoms. The molecule has 0 bridgehead atoms. The standard InChI is InChI=1S/C10H10F3N/c11-10(12,13)7-3-4-8(6-1-2-6)9(14)5-7/h3-6H,1-2,14H2. The fourth-order valence-electron chi connectivity index (χ4n) is 1.52. The third kappa shape index (κ3) is 1.69. The van der Waals surface area contributed by atoms with Crippen LogP contribution in [0.25, 0.3) is 0 Å². The zero-order chi connectivity index (χ0) is 10.3. The smallest absolute Gasteiger partial charge is 0.398 e. The molecular weight excluding hydrogens is 191 g/mol. The number of hydrogen-bond acceptors (Lipinski definition) is 1. The highest BCUT2D eigenvalue weighted by Gasteiger charge is 2.32. The third-order valence-electron chi connectivity index (χ3n) is 2.43. The molecule has 1 aliphatic carbocycles. The summed E-state index contributed by atoms with van der Waals surface area (Å²) < 4.78 is 36.8. The van der Waals surface area contributed by atoms with E-state index in [0.29, 0.717) is 5.92 Å². The monoisotopic (exact) mass is 201 g/mol. The van der Waals surface area contributed by atoms with E-state index >= 15 is 0 Å². The lowest BCUT2D eigenvalue weighted by Crippen LogP contribution is -2.06. The molecule has 0 unspecified atom stereocenters. The Morgan fingerprint density at radius 3 is 2.29 bits per heavy atom. The van der Waals surface area contributed by atoms with Gasteiger partial charge in [0.15, 0.2) is 0 Å². The molecule has 1 fully saturated rings. The van der Waals surface area contributed by atoms with Crippen molar-refractivity contribution in [2.24, 2.45) is 0 Å². The van der Waals surface area contributed by atoms with Gasteiger partial charge in [-0.1, -0.05) is 6.07 Å². The molecule has 14 heavy (non-hydrogen) atoms. The minimum absolute atomic E-state index is 0.266. The Bertz CT molecular complexity index is 353. The minimum Gasteiger partial charge on any atom is -0.398 e. The topological polar surface area (TPSA) is 26.0 Å². The van der Waals surface area contributed by atoms with Gasteiger partial charge in [-0.2, -0.15) is 13.2 Å². The van der Waals surface area contributed by atoms with E-state index in [4.69, 9.17) is 5.73 Å². The molecule has 2 N–H and O–H groups in total. The van der Waals surface area contributed by atoms with Crippen LogP contribution < -0.4 is 5.73 Å². The Morgan fingerprint density at radius 2 is 1.86 bits per heavy atom. The molecule has 1 aliphatic rings. The Hall–Kier alpha value is -1.19. The molecule has 0 amide bonds. The molecule has 0 spiro atoms. The van der Waals surface area contributed by atoms with Gasteiger partial charge in [-0.3, -0.25) is 0 Å². The third-order valence-corrected chi connectivity index (χ3v) is 2.43. The highest BCUT2D eigenvalue weighted by molar-refractivity contribution is 5.52. The van der Waals surface area contributed by atoms with E-state index in [2.05, 4.69) is 0 Å². The second-order valence-electron chi connectivity index (χ2n) is 3.62. The minimum atomic E-state index is -4.30. The van der Waals surface area contributed by atoms with Crippen molar-refractivity contribution in [1.29, 1.82) is 0 Å². The number of anilines is 1.